The van der Waals surface area contributed by atoms with E-state index in [1.54, 1.807) is 0 Å². The lowest BCUT2D eigenvalue weighted by molar-refractivity contribution is 0.457. The van der Waals surface area contributed by atoms with Crippen LogP contribution in [0.3, 0.4) is 0 Å². The van der Waals surface area contributed by atoms with Crippen molar-refractivity contribution in [2.75, 3.05) is 0 Å². The molecular formula is C18H27Cl. The summed E-state index contributed by atoms with van der Waals surface area (Å²) in [6.45, 7) is 11.6. The average Bonchev–Trinajstić information content (AvgIpc) is 2.77. The van der Waals surface area contributed by atoms with Gasteiger partial charge in [0.1, 0.15) is 0 Å². The molecule has 1 aliphatic rings. The molecule has 0 nitrogen and oxygen atoms in total. The standard InChI is InChI=1S/C18H27Cl/c1-6-7-8-13-9-11-14(12-10-13)15(19)16-17(2,3)18(16,4)5/h9-12,15-16H,6-8H2,1-5H3. The van der Waals surface area contributed by atoms with Crippen molar-refractivity contribution in [1.29, 1.82) is 0 Å². The van der Waals surface area contributed by atoms with Gasteiger partial charge < -0.3 is 0 Å². The van der Waals surface area contributed by atoms with Gasteiger partial charge in [-0.25, -0.2) is 0 Å². The van der Waals surface area contributed by atoms with Gasteiger partial charge in [0.25, 0.3) is 0 Å². The van der Waals surface area contributed by atoms with E-state index in [0.717, 1.165) is 0 Å². The van der Waals surface area contributed by atoms with Crippen molar-refractivity contribution >= 4 is 11.6 Å². The van der Waals surface area contributed by atoms with E-state index in [1.807, 2.05) is 0 Å². The predicted molar refractivity (Wildman–Crippen MR) is 84.7 cm³/mol. The number of alkyl halides is 1. The van der Waals surface area contributed by atoms with Crippen molar-refractivity contribution in [2.24, 2.45) is 16.7 Å². The second kappa shape index (κ2) is 5.13. The van der Waals surface area contributed by atoms with Crippen LogP contribution in [-0.4, -0.2) is 0 Å². The van der Waals surface area contributed by atoms with Crippen molar-refractivity contribution < 1.29 is 0 Å². The summed E-state index contributed by atoms with van der Waals surface area (Å²) >= 11 is 6.73. The van der Waals surface area contributed by atoms with Crippen LogP contribution in [0.15, 0.2) is 24.3 Å². The van der Waals surface area contributed by atoms with E-state index in [9.17, 15) is 0 Å². The van der Waals surface area contributed by atoms with Crippen molar-refractivity contribution in [3.63, 3.8) is 0 Å². The Labute approximate surface area is 123 Å². The molecule has 0 aliphatic heterocycles. The topological polar surface area (TPSA) is 0 Å². The maximum Gasteiger partial charge on any atom is 0.0624 e. The molecule has 0 aromatic heterocycles. The first-order valence-corrected chi connectivity index (χ1v) is 7.99. The fourth-order valence-electron chi connectivity index (χ4n) is 3.42. The molecule has 1 aliphatic carbocycles. The largest absolute Gasteiger partial charge is 0.117 e. The molecule has 1 fully saturated rings. The molecule has 19 heavy (non-hydrogen) atoms. The van der Waals surface area contributed by atoms with Crippen molar-refractivity contribution in [2.45, 2.75) is 59.3 Å². The molecule has 0 spiro atoms. The summed E-state index contributed by atoms with van der Waals surface area (Å²) < 4.78 is 0. The molecule has 0 N–H and O–H groups in total. The third-order valence-electron chi connectivity index (χ3n) is 5.54. The second-order valence-electron chi connectivity index (χ2n) is 7.17. The summed E-state index contributed by atoms with van der Waals surface area (Å²) in [6.07, 6.45) is 3.71. The van der Waals surface area contributed by atoms with Gasteiger partial charge in [0.05, 0.1) is 5.38 Å². The van der Waals surface area contributed by atoms with Crippen LogP contribution in [0.5, 0.6) is 0 Å². The maximum atomic E-state index is 6.73. The quantitative estimate of drug-likeness (QED) is 0.580. The Morgan fingerprint density at radius 1 is 1.05 bits per heavy atom. The van der Waals surface area contributed by atoms with Crippen LogP contribution in [-0.2, 0) is 6.42 Å². The SMILES string of the molecule is CCCCc1ccc(C(Cl)C2C(C)(C)C2(C)C)cc1. The van der Waals surface area contributed by atoms with Crippen LogP contribution >= 0.6 is 11.6 Å². The first kappa shape index (κ1) is 14.9. The van der Waals surface area contributed by atoms with Crippen LogP contribution in [0, 0.1) is 16.7 Å². The number of unbranched alkanes of at least 4 members (excludes halogenated alkanes) is 1. The van der Waals surface area contributed by atoms with E-state index in [-0.39, 0.29) is 5.38 Å². The van der Waals surface area contributed by atoms with Gasteiger partial charge in [0.15, 0.2) is 0 Å². The highest BCUT2D eigenvalue weighted by molar-refractivity contribution is 6.21. The summed E-state index contributed by atoms with van der Waals surface area (Å²) in [5.41, 5.74) is 3.41. The summed E-state index contributed by atoms with van der Waals surface area (Å²) in [4.78, 5) is 0. The third-order valence-corrected chi connectivity index (χ3v) is 6.05. The third kappa shape index (κ3) is 2.57. The van der Waals surface area contributed by atoms with Gasteiger partial charge in [-0.1, -0.05) is 65.3 Å². The Morgan fingerprint density at radius 2 is 1.58 bits per heavy atom. The Kier molecular flexibility index (Phi) is 4.02. The molecule has 1 atom stereocenters. The van der Waals surface area contributed by atoms with Gasteiger partial charge in [0, 0.05) is 0 Å². The smallest absolute Gasteiger partial charge is 0.0624 e. The molecule has 0 amide bonds. The second-order valence-corrected chi connectivity index (χ2v) is 7.64. The monoisotopic (exact) mass is 278 g/mol. The number of rotatable bonds is 5. The van der Waals surface area contributed by atoms with Crippen molar-refractivity contribution in [1.82, 2.24) is 0 Å². The molecule has 1 aromatic carbocycles. The predicted octanol–water partition coefficient (Wildman–Crippen LogP) is 5.99. The molecular weight excluding hydrogens is 252 g/mol. The average molecular weight is 279 g/mol. The lowest BCUT2D eigenvalue weighted by atomic mass is 10.00. The number of benzene rings is 1. The van der Waals surface area contributed by atoms with Crippen LogP contribution < -0.4 is 0 Å². The zero-order chi connectivity index (χ0) is 14.3. The summed E-state index contributed by atoms with van der Waals surface area (Å²) in [5, 5.41) is 0.144. The minimum atomic E-state index is 0.144. The van der Waals surface area contributed by atoms with Crippen LogP contribution in [0.1, 0.15) is 64.0 Å². The minimum Gasteiger partial charge on any atom is -0.117 e. The number of hydrogen-bond acceptors (Lipinski definition) is 0. The Balaban J connectivity index is 2.07. The highest BCUT2D eigenvalue weighted by Crippen LogP contribution is 2.73. The molecule has 1 aromatic rings. The molecule has 106 valence electrons. The van der Waals surface area contributed by atoms with E-state index >= 15 is 0 Å². The van der Waals surface area contributed by atoms with Gasteiger partial charge in [0.2, 0.25) is 0 Å². The normalized spacial score (nSPS) is 22.2. The van der Waals surface area contributed by atoms with E-state index in [1.165, 1.54) is 30.4 Å². The summed E-state index contributed by atoms with van der Waals surface area (Å²) in [7, 11) is 0. The van der Waals surface area contributed by atoms with E-state index in [4.69, 9.17) is 11.6 Å². The molecule has 2 rings (SSSR count). The first-order valence-electron chi connectivity index (χ1n) is 7.55. The van der Waals surface area contributed by atoms with E-state index in [0.29, 0.717) is 16.7 Å². The van der Waals surface area contributed by atoms with Crippen LogP contribution in [0.25, 0.3) is 0 Å². The minimum absolute atomic E-state index is 0.144. The highest BCUT2D eigenvalue weighted by Gasteiger charge is 2.67. The van der Waals surface area contributed by atoms with Crippen molar-refractivity contribution in [3.8, 4) is 0 Å². The first-order chi connectivity index (χ1) is 8.82. The Bertz CT molecular complexity index is 414. The van der Waals surface area contributed by atoms with E-state index in [2.05, 4.69) is 58.9 Å². The number of aryl methyl sites for hydroxylation is 1. The van der Waals surface area contributed by atoms with Crippen LogP contribution in [0.2, 0.25) is 0 Å². The molecule has 0 saturated heterocycles. The zero-order valence-electron chi connectivity index (χ0n) is 13.0. The Hall–Kier alpha value is -0.490. The van der Waals surface area contributed by atoms with E-state index < -0.39 is 0 Å². The van der Waals surface area contributed by atoms with Gasteiger partial charge in [-0.05, 0) is 40.7 Å². The summed E-state index contributed by atoms with van der Waals surface area (Å²) in [6, 6.07) is 8.96. The molecule has 1 heteroatoms. The number of hydrogen-bond donors (Lipinski definition) is 0. The molecule has 1 unspecified atom stereocenters. The number of halogens is 1. The fraction of sp³-hybridized carbons (Fsp3) is 0.667. The zero-order valence-corrected chi connectivity index (χ0v) is 13.7. The molecule has 0 heterocycles. The molecule has 0 radical (unpaired) electrons. The van der Waals surface area contributed by atoms with Gasteiger partial charge in [-0.2, -0.15) is 0 Å². The lowest BCUT2D eigenvalue weighted by Crippen LogP contribution is -2.00. The molecule has 1 saturated carbocycles. The fourth-order valence-corrected chi connectivity index (χ4v) is 4.20. The lowest BCUT2D eigenvalue weighted by Gasteiger charge is -2.13. The van der Waals surface area contributed by atoms with Gasteiger partial charge in [-0.15, -0.1) is 11.6 Å². The van der Waals surface area contributed by atoms with Gasteiger partial charge in [-0.3, -0.25) is 0 Å². The van der Waals surface area contributed by atoms with Crippen molar-refractivity contribution in [3.05, 3.63) is 35.4 Å². The molecule has 0 bridgehead atoms. The van der Waals surface area contributed by atoms with Gasteiger partial charge >= 0.3 is 0 Å². The van der Waals surface area contributed by atoms with Crippen LogP contribution in [0.4, 0.5) is 0 Å². The maximum absolute atomic E-state index is 6.73. The highest BCUT2D eigenvalue weighted by atomic mass is 35.5. The Morgan fingerprint density at radius 3 is 2.00 bits per heavy atom. The summed E-state index contributed by atoms with van der Waals surface area (Å²) in [5.74, 6) is 0.572.